The summed E-state index contributed by atoms with van der Waals surface area (Å²) in [6.45, 7) is 4.85. The van der Waals surface area contributed by atoms with Crippen LogP contribution in [0.3, 0.4) is 0 Å². The topological polar surface area (TPSA) is 67.8 Å². The minimum absolute atomic E-state index is 0.0225. The molecule has 1 saturated heterocycles. The number of benzene rings is 1. The highest BCUT2D eigenvalue weighted by Gasteiger charge is 2.26. The molecule has 3 rings (SSSR count). The number of hydrogen-bond acceptors (Lipinski definition) is 7. The van der Waals surface area contributed by atoms with E-state index in [1.165, 1.54) is 11.5 Å². The Morgan fingerprint density at radius 2 is 1.96 bits per heavy atom. The maximum absolute atomic E-state index is 12.8. The fraction of sp³-hybridized carbons (Fsp3) is 0.471. The first kappa shape index (κ1) is 17.5. The minimum Gasteiger partial charge on any atom is -0.497 e. The summed E-state index contributed by atoms with van der Waals surface area (Å²) in [4.78, 5) is 21.4. The van der Waals surface area contributed by atoms with Gasteiger partial charge in [-0.05, 0) is 12.1 Å². The van der Waals surface area contributed by atoms with Crippen LogP contribution in [0.25, 0.3) is 0 Å². The number of hydrogen-bond donors (Lipinski definition) is 0. The summed E-state index contributed by atoms with van der Waals surface area (Å²) in [5.41, 5.74) is 0.556. The molecule has 8 heteroatoms. The Morgan fingerprint density at radius 3 is 2.56 bits per heavy atom. The van der Waals surface area contributed by atoms with E-state index < -0.39 is 0 Å². The summed E-state index contributed by atoms with van der Waals surface area (Å²) in [5.74, 6) is 2.05. The van der Waals surface area contributed by atoms with Crippen LogP contribution < -0.4 is 14.4 Å². The first-order chi connectivity index (χ1) is 12.2. The second-order valence-electron chi connectivity index (χ2n) is 5.69. The molecular weight excluding hydrogens is 340 g/mol. The van der Waals surface area contributed by atoms with Gasteiger partial charge in [0.25, 0.3) is 5.91 Å². The lowest BCUT2D eigenvalue weighted by molar-refractivity contribution is 0.0743. The molecule has 2 aromatic rings. The SMILES string of the molecule is CCc1nsc(N2CCN(C(=O)c3ccc(OC)cc3OC)CC2)n1. The van der Waals surface area contributed by atoms with Crippen LogP contribution in [0.4, 0.5) is 5.13 Å². The van der Waals surface area contributed by atoms with Crippen molar-refractivity contribution in [3.8, 4) is 11.5 Å². The Morgan fingerprint density at radius 1 is 1.20 bits per heavy atom. The van der Waals surface area contributed by atoms with Crippen molar-refractivity contribution in [1.29, 1.82) is 0 Å². The van der Waals surface area contributed by atoms with E-state index in [1.54, 1.807) is 32.4 Å². The van der Waals surface area contributed by atoms with E-state index in [2.05, 4.69) is 14.3 Å². The molecule has 1 fully saturated rings. The molecule has 0 saturated carbocycles. The van der Waals surface area contributed by atoms with Gasteiger partial charge in [0, 0.05) is 50.2 Å². The maximum Gasteiger partial charge on any atom is 0.257 e. The van der Waals surface area contributed by atoms with Gasteiger partial charge in [0.15, 0.2) is 0 Å². The van der Waals surface area contributed by atoms with Gasteiger partial charge in [0.1, 0.15) is 17.3 Å². The highest BCUT2D eigenvalue weighted by molar-refractivity contribution is 7.09. The first-order valence-electron chi connectivity index (χ1n) is 8.25. The number of piperazine rings is 1. The van der Waals surface area contributed by atoms with Crippen molar-refractivity contribution in [2.45, 2.75) is 13.3 Å². The number of rotatable bonds is 5. The van der Waals surface area contributed by atoms with Crippen molar-refractivity contribution in [3.05, 3.63) is 29.6 Å². The van der Waals surface area contributed by atoms with Crippen LogP contribution >= 0.6 is 11.5 Å². The van der Waals surface area contributed by atoms with Crippen molar-refractivity contribution in [2.24, 2.45) is 0 Å². The smallest absolute Gasteiger partial charge is 0.257 e. The third-order valence-electron chi connectivity index (χ3n) is 4.25. The fourth-order valence-electron chi connectivity index (χ4n) is 2.76. The van der Waals surface area contributed by atoms with Gasteiger partial charge in [-0.3, -0.25) is 4.79 Å². The second kappa shape index (κ2) is 7.69. The van der Waals surface area contributed by atoms with Crippen LogP contribution in [0.1, 0.15) is 23.1 Å². The van der Waals surface area contributed by atoms with Crippen molar-refractivity contribution < 1.29 is 14.3 Å². The molecule has 0 unspecified atom stereocenters. The molecule has 1 aliphatic heterocycles. The Hall–Kier alpha value is -2.35. The third-order valence-corrected chi connectivity index (χ3v) is 5.06. The van der Waals surface area contributed by atoms with Crippen LogP contribution in [0.2, 0.25) is 0 Å². The number of anilines is 1. The molecule has 134 valence electrons. The maximum atomic E-state index is 12.8. The number of amides is 1. The van der Waals surface area contributed by atoms with E-state index in [9.17, 15) is 4.79 Å². The normalized spacial score (nSPS) is 14.5. The number of aryl methyl sites for hydroxylation is 1. The number of methoxy groups -OCH3 is 2. The number of aromatic nitrogens is 2. The molecule has 0 aliphatic carbocycles. The summed E-state index contributed by atoms with van der Waals surface area (Å²) in [7, 11) is 3.15. The summed E-state index contributed by atoms with van der Waals surface area (Å²) in [5, 5.41) is 0.936. The van der Waals surface area contributed by atoms with E-state index in [0.717, 1.165) is 30.5 Å². The average Bonchev–Trinajstić information content (AvgIpc) is 3.16. The van der Waals surface area contributed by atoms with Crippen molar-refractivity contribution >= 4 is 22.6 Å². The molecule has 1 aromatic carbocycles. The zero-order valence-corrected chi connectivity index (χ0v) is 15.5. The van der Waals surface area contributed by atoms with Crippen molar-refractivity contribution in [1.82, 2.24) is 14.3 Å². The van der Waals surface area contributed by atoms with E-state index in [4.69, 9.17) is 9.47 Å². The zero-order valence-electron chi connectivity index (χ0n) is 14.7. The molecule has 7 nitrogen and oxygen atoms in total. The van der Waals surface area contributed by atoms with E-state index in [0.29, 0.717) is 30.2 Å². The van der Waals surface area contributed by atoms with Crippen LogP contribution in [0.15, 0.2) is 18.2 Å². The molecule has 1 aliphatic rings. The fourth-order valence-corrected chi connectivity index (χ4v) is 3.56. The molecule has 0 bridgehead atoms. The zero-order chi connectivity index (χ0) is 17.8. The Kier molecular flexibility index (Phi) is 5.37. The second-order valence-corrected chi connectivity index (χ2v) is 6.42. The lowest BCUT2D eigenvalue weighted by Crippen LogP contribution is -2.48. The summed E-state index contributed by atoms with van der Waals surface area (Å²) in [6, 6.07) is 5.27. The Bertz CT molecular complexity index is 741. The standard InChI is InChI=1S/C17H22N4O3S/c1-4-15-18-17(25-19-15)21-9-7-20(8-10-21)16(22)13-6-5-12(23-2)11-14(13)24-3/h5-6,11H,4,7-10H2,1-3H3. The highest BCUT2D eigenvalue weighted by atomic mass is 32.1. The Balaban J connectivity index is 1.67. The van der Waals surface area contributed by atoms with Gasteiger partial charge >= 0.3 is 0 Å². The molecule has 0 radical (unpaired) electrons. The van der Waals surface area contributed by atoms with Gasteiger partial charge in [-0.1, -0.05) is 6.92 Å². The molecule has 25 heavy (non-hydrogen) atoms. The van der Waals surface area contributed by atoms with Crippen LogP contribution in [-0.4, -0.2) is 60.6 Å². The quantitative estimate of drug-likeness (QED) is 0.811. The van der Waals surface area contributed by atoms with Gasteiger partial charge in [-0.15, -0.1) is 0 Å². The molecular formula is C17H22N4O3S. The van der Waals surface area contributed by atoms with Crippen LogP contribution in [0, 0.1) is 0 Å². The predicted octanol–water partition coefficient (Wildman–Crippen LogP) is 2.08. The number of carbonyl (C=O) groups excluding carboxylic acids is 1. The number of ether oxygens (including phenoxy) is 2. The van der Waals surface area contributed by atoms with Gasteiger partial charge in [-0.25, -0.2) is 4.98 Å². The molecule has 2 heterocycles. The minimum atomic E-state index is -0.0225. The Labute approximate surface area is 151 Å². The van der Waals surface area contributed by atoms with Crippen LogP contribution in [0.5, 0.6) is 11.5 Å². The van der Waals surface area contributed by atoms with E-state index in [1.807, 2.05) is 11.8 Å². The van der Waals surface area contributed by atoms with Gasteiger partial charge in [0.2, 0.25) is 5.13 Å². The van der Waals surface area contributed by atoms with Gasteiger partial charge < -0.3 is 19.3 Å². The highest BCUT2D eigenvalue weighted by Crippen LogP contribution is 2.26. The first-order valence-corrected chi connectivity index (χ1v) is 9.02. The van der Waals surface area contributed by atoms with Crippen molar-refractivity contribution in [2.75, 3.05) is 45.3 Å². The lowest BCUT2D eigenvalue weighted by Gasteiger charge is -2.34. The average molecular weight is 362 g/mol. The predicted molar refractivity (Wildman–Crippen MR) is 96.9 cm³/mol. The van der Waals surface area contributed by atoms with Crippen LogP contribution in [-0.2, 0) is 6.42 Å². The van der Waals surface area contributed by atoms with E-state index in [-0.39, 0.29) is 5.91 Å². The molecule has 1 aromatic heterocycles. The largest absolute Gasteiger partial charge is 0.497 e. The number of nitrogens with zero attached hydrogens (tertiary/aromatic N) is 4. The lowest BCUT2D eigenvalue weighted by atomic mass is 10.1. The summed E-state index contributed by atoms with van der Waals surface area (Å²) in [6.07, 6.45) is 0.839. The summed E-state index contributed by atoms with van der Waals surface area (Å²) < 4.78 is 14.9. The third kappa shape index (κ3) is 3.68. The molecule has 1 amide bonds. The molecule has 0 N–H and O–H groups in total. The number of carbonyl (C=O) groups is 1. The van der Waals surface area contributed by atoms with Gasteiger partial charge in [-0.2, -0.15) is 4.37 Å². The van der Waals surface area contributed by atoms with Gasteiger partial charge in [0.05, 0.1) is 19.8 Å². The molecule has 0 atom stereocenters. The summed E-state index contributed by atoms with van der Waals surface area (Å²) >= 11 is 1.42. The molecule has 0 spiro atoms. The monoisotopic (exact) mass is 362 g/mol. The van der Waals surface area contributed by atoms with Crippen molar-refractivity contribution in [3.63, 3.8) is 0 Å². The van der Waals surface area contributed by atoms with E-state index >= 15 is 0 Å².